The number of nitrogens with one attached hydrogen (secondary N) is 2. The van der Waals surface area contributed by atoms with Gasteiger partial charge in [-0.25, -0.2) is 0 Å². The smallest absolute Gasteiger partial charge is 0.248 e. The third-order valence-corrected chi connectivity index (χ3v) is 12.0. The summed E-state index contributed by atoms with van der Waals surface area (Å²) in [5.41, 5.74) is 1.80. The first-order valence-electron chi connectivity index (χ1n) is 18.5. The summed E-state index contributed by atoms with van der Waals surface area (Å²) in [5, 5.41) is 37.2. The fraction of sp³-hybridized carbons (Fsp3) is 0.488. The zero-order chi connectivity index (χ0) is 34.7. The summed E-state index contributed by atoms with van der Waals surface area (Å²) in [6.07, 6.45) is 6.14. The van der Waals surface area contributed by atoms with Crippen molar-refractivity contribution in [1.82, 2.24) is 10.3 Å². The van der Waals surface area contributed by atoms with Crippen LogP contribution in [0, 0.1) is 11.8 Å². The van der Waals surface area contributed by atoms with E-state index in [4.69, 9.17) is 9.47 Å². The van der Waals surface area contributed by atoms with Crippen molar-refractivity contribution in [2.24, 2.45) is 11.8 Å². The number of phenolic OH excluding ortho intramolecular Hbond substituents is 1. The monoisotopic (exact) mass is 682 g/mol. The number of nitrogens with zero attached hydrogens (tertiary/aromatic N) is 1. The van der Waals surface area contributed by atoms with E-state index in [1.807, 2.05) is 30.3 Å². The van der Waals surface area contributed by atoms with Crippen LogP contribution in [0.5, 0.6) is 11.5 Å². The minimum Gasteiger partial charge on any atom is -0.506 e. The maximum atomic E-state index is 12.0. The lowest BCUT2D eigenvalue weighted by molar-refractivity contribution is -0.946. The minimum atomic E-state index is -0.930. The van der Waals surface area contributed by atoms with Crippen LogP contribution in [0.2, 0.25) is 0 Å². The summed E-state index contributed by atoms with van der Waals surface area (Å²) in [7, 11) is 0. The molecule has 9 nitrogen and oxygen atoms in total. The van der Waals surface area contributed by atoms with E-state index >= 15 is 0 Å². The van der Waals surface area contributed by atoms with E-state index in [1.54, 1.807) is 12.1 Å². The summed E-state index contributed by atoms with van der Waals surface area (Å²) in [6.45, 7) is 7.60. The molecule has 0 spiro atoms. The number of aliphatic hydroxyl groups is 2. The van der Waals surface area contributed by atoms with Crippen molar-refractivity contribution >= 4 is 10.9 Å². The van der Waals surface area contributed by atoms with Crippen LogP contribution < -0.4 is 15.6 Å². The van der Waals surface area contributed by atoms with Crippen LogP contribution in [0.1, 0.15) is 74.3 Å². The Morgan fingerprint density at radius 3 is 2.44 bits per heavy atom. The first kappa shape index (κ1) is 34.7. The van der Waals surface area contributed by atoms with E-state index in [9.17, 15) is 20.1 Å². The molecule has 50 heavy (non-hydrogen) atoms. The molecule has 3 saturated heterocycles. The Morgan fingerprint density at radius 1 is 0.960 bits per heavy atom. The molecule has 3 aromatic carbocycles. The van der Waals surface area contributed by atoms with Crippen LogP contribution >= 0.6 is 0 Å². The van der Waals surface area contributed by atoms with Crippen LogP contribution in [0.4, 0.5) is 0 Å². The number of aromatic amines is 1. The van der Waals surface area contributed by atoms with E-state index in [-0.39, 0.29) is 29.4 Å². The zero-order valence-electron chi connectivity index (χ0n) is 29.1. The van der Waals surface area contributed by atoms with Gasteiger partial charge in [-0.2, -0.15) is 0 Å². The third kappa shape index (κ3) is 7.34. The predicted molar refractivity (Wildman–Crippen MR) is 194 cm³/mol. The van der Waals surface area contributed by atoms with Crippen molar-refractivity contribution in [3.8, 4) is 11.5 Å². The number of hydrogen-bond acceptors (Lipinski definition) is 7. The molecule has 1 aromatic heterocycles. The molecule has 0 radical (unpaired) electrons. The average molecular weight is 683 g/mol. The molecule has 4 atom stereocenters. The summed E-state index contributed by atoms with van der Waals surface area (Å²) < 4.78 is 14.0. The number of phenols is 1. The highest BCUT2D eigenvalue weighted by Crippen LogP contribution is 2.42. The first-order valence-corrected chi connectivity index (χ1v) is 18.5. The molecule has 1 aliphatic carbocycles. The molecule has 5 N–H and O–H groups in total. The molecule has 1 unspecified atom stereocenters. The number of hydrogen-bond donors (Lipinski definition) is 5. The molecule has 1 saturated carbocycles. The molecule has 266 valence electrons. The topological polar surface area (TPSA) is 124 Å². The lowest BCUT2D eigenvalue weighted by Gasteiger charge is -2.52. The van der Waals surface area contributed by atoms with Gasteiger partial charge in [0.05, 0.1) is 31.3 Å². The molecule has 8 rings (SSSR count). The van der Waals surface area contributed by atoms with Gasteiger partial charge in [-0.15, -0.1) is 0 Å². The zero-order valence-corrected chi connectivity index (χ0v) is 29.1. The van der Waals surface area contributed by atoms with Crippen molar-refractivity contribution in [1.29, 1.82) is 0 Å². The van der Waals surface area contributed by atoms with Crippen molar-refractivity contribution in [3.63, 3.8) is 0 Å². The largest absolute Gasteiger partial charge is 0.506 e. The van der Waals surface area contributed by atoms with E-state index in [2.05, 4.69) is 41.5 Å². The third-order valence-electron chi connectivity index (χ3n) is 12.0. The van der Waals surface area contributed by atoms with Gasteiger partial charge in [0.15, 0.2) is 0 Å². The molecule has 0 amide bonds. The number of rotatable bonds is 14. The fourth-order valence-electron chi connectivity index (χ4n) is 8.80. The number of quaternary nitrogens is 1. The summed E-state index contributed by atoms with van der Waals surface area (Å²) in [5.74, 6) is 1.63. The molecule has 4 fully saturated rings. The second-order valence-electron chi connectivity index (χ2n) is 15.0. The quantitative estimate of drug-likeness (QED) is 0.108. The second kappa shape index (κ2) is 14.9. The minimum absolute atomic E-state index is 0.0139. The van der Waals surface area contributed by atoms with E-state index in [0.29, 0.717) is 42.1 Å². The lowest BCUT2D eigenvalue weighted by Crippen LogP contribution is -2.65. The van der Waals surface area contributed by atoms with Gasteiger partial charge in [0.1, 0.15) is 42.9 Å². The normalized spacial score (nSPS) is 24.6. The number of aliphatic hydroxyl groups excluding tert-OH is 1. The van der Waals surface area contributed by atoms with Crippen molar-refractivity contribution in [3.05, 3.63) is 106 Å². The van der Waals surface area contributed by atoms with Crippen LogP contribution in [0.15, 0.2) is 83.7 Å². The number of fused-ring (bicyclic) bond motifs is 4. The number of aromatic hydroxyl groups is 1. The van der Waals surface area contributed by atoms with Gasteiger partial charge in [0, 0.05) is 42.8 Å². The number of benzene rings is 3. The Bertz CT molecular complexity index is 1780. The predicted octanol–water partition coefficient (Wildman–Crippen LogP) is 5.70. The highest BCUT2D eigenvalue weighted by Gasteiger charge is 2.48. The number of pyridine rings is 1. The summed E-state index contributed by atoms with van der Waals surface area (Å²) in [6, 6.07) is 24.5. The number of ether oxygens (including phenoxy) is 2. The summed E-state index contributed by atoms with van der Waals surface area (Å²) in [4.78, 5) is 14.4. The summed E-state index contributed by atoms with van der Waals surface area (Å²) >= 11 is 0. The second-order valence-corrected chi connectivity index (χ2v) is 15.0. The highest BCUT2D eigenvalue weighted by atomic mass is 16.5. The van der Waals surface area contributed by atoms with E-state index in [1.165, 1.54) is 25.0 Å². The molecule has 4 aliphatic rings. The fourth-order valence-corrected chi connectivity index (χ4v) is 8.80. The van der Waals surface area contributed by atoms with E-state index < -0.39 is 11.7 Å². The van der Waals surface area contributed by atoms with Gasteiger partial charge in [-0.05, 0) is 66.6 Å². The van der Waals surface area contributed by atoms with Crippen LogP contribution in [-0.4, -0.2) is 76.8 Å². The van der Waals surface area contributed by atoms with Crippen molar-refractivity contribution in [2.75, 3.05) is 45.9 Å². The van der Waals surface area contributed by atoms with Gasteiger partial charge in [0.2, 0.25) is 5.56 Å². The molecule has 9 heteroatoms. The lowest BCUT2D eigenvalue weighted by atomic mass is 9.80. The van der Waals surface area contributed by atoms with Gasteiger partial charge in [-0.3, -0.25) is 4.79 Å². The number of piperidine rings is 3. The Balaban J connectivity index is 0.902. The van der Waals surface area contributed by atoms with Crippen molar-refractivity contribution < 1.29 is 29.3 Å². The Hall–Kier alpha value is -3.73. The Morgan fingerprint density at radius 2 is 1.70 bits per heavy atom. The molecule has 4 heterocycles. The highest BCUT2D eigenvalue weighted by molar-refractivity contribution is 5.87. The van der Waals surface area contributed by atoms with Crippen LogP contribution in [0.3, 0.4) is 0 Å². The van der Waals surface area contributed by atoms with Gasteiger partial charge in [0.25, 0.3) is 0 Å². The average Bonchev–Trinajstić information content (AvgIpc) is 3.70. The molecular weight excluding hydrogens is 630 g/mol. The first-order chi connectivity index (χ1) is 24.2. The number of H-pyrrole nitrogens is 1. The molecular formula is C41H52N3O6+. The van der Waals surface area contributed by atoms with Gasteiger partial charge < -0.3 is 39.6 Å². The standard InChI is InChI=1S/C41H51N3O6/c1-28(42-25-37(46)34-15-17-36(45)40-35(34)16-18-39(47)43-40)29-11-13-33(14-12-29)49-24-23-44-21-19-30(20-22-44)38(26-44)50-27-41(48,32-9-5-6-10-32)31-7-3-2-4-8-31/h2-4,7-8,11-18,28,30,32,37-38,42,46,48H,5-6,9-10,19-27H2,1H3,(H-,43,45,47)/p+1/t28-,30?,37+,38+,41?,44?/m1/s1. The maximum Gasteiger partial charge on any atom is 0.248 e. The SMILES string of the molecule is C[C@@H](NC[C@H](O)c1ccc(O)c2[nH]c(=O)ccc12)c1ccc(OCC[N+]23CCC(CC2)[C@@H](OCC(O)(c2ccccc2)C2CCCC2)C3)cc1. The maximum absolute atomic E-state index is 12.0. The molecule has 2 bridgehead atoms. The van der Waals surface area contributed by atoms with Crippen LogP contribution in [-0.2, 0) is 10.3 Å². The Kier molecular flexibility index (Phi) is 10.3. The number of aromatic nitrogens is 1. The molecule has 3 aliphatic heterocycles. The van der Waals surface area contributed by atoms with Crippen molar-refractivity contribution in [2.45, 2.75) is 69.3 Å². The van der Waals surface area contributed by atoms with Crippen LogP contribution in [0.25, 0.3) is 10.9 Å². The van der Waals surface area contributed by atoms with Gasteiger partial charge >= 0.3 is 0 Å². The molecule has 4 aromatic rings. The Labute approximate surface area is 294 Å². The van der Waals surface area contributed by atoms with Gasteiger partial charge in [-0.1, -0.05) is 61.4 Å². The van der Waals surface area contributed by atoms with E-state index in [0.717, 1.165) is 73.2 Å².